The molecular weight excluding hydrogens is 141 g/mol. The van der Waals surface area contributed by atoms with E-state index in [4.69, 9.17) is 0 Å². The van der Waals surface area contributed by atoms with Gasteiger partial charge >= 0.3 is 0 Å². The smallest absolute Gasteiger partial charge is 0.165 e. The van der Waals surface area contributed by atoms with Crippen molar-refractivity contribution in [3.63, 3.8) is 0 Å². The Morgan fingerprint density at radius 2 is 2.10 bits per heavy atom. The Kier molecular flexibility index (Phi) is 1.86. The third-order valence-electron chi connectivity index (χ3n) is 1.26. The van der Waals surface area contributed by atoms with Crippen molar-refractivity contribution in [1.82, 2.24) is 4.98 Å². The number of nitrogens with zero attached hydrogens (tertiary/aromatic N) is 1. The molecule has 1 aromatic rings. The average Bonchev–Trinajstić information content (AvgIpc) is 2.11. The van der Waals surface area contributed by atoms with Crippen molar-refractivity contribution >= 4 is 24.8 Å². The lowest BCUT2D eigenvalue weighted by Gasteiger charge is -2.13. The maximum Gasteiger partial charge on any atom is 0.165 e. The highest BCUT2D eigenvalue weighted by Crippen LogP contribution is 2.22. The van der Waals surface area contributed by atoms with Crippen molar-refractivity contribution in [2.24, 2.45) is 0 Å². The van der Waals surface area contributed by atoms with Gasteiger partial charge in [-0.25, -0.2) is 0 Å². The van der Waals surface area contributed by atoms with Crippen LogP contribution in [-0.4, -0.2) is 12.8 Å². The van der Waals surface area contributed by atoms with Gasteiger partial charge < -0.3 is 0 Å². The van der Waals surface area contributed by atoms with Gasteiger partial charge in [0.05, 0.1) is 5.01 Å². The molecule has 0 saturated carbocycles. The first-order valence-corrected chi connectivity index (χ1v) is 4.31. The standard InChI is InChI=1S/C7H12BNS/c1-7(2,3)6-9-5(8)4-10-6/h4H,8H2,1-3H3. The lowest BCUT2D eigenvalue weighted by Crippen LogP contribution is -2.13. The molecule has 0 saturated heterocycles. The summed E-state index contributed by atoms with van der Waals surface area (Å²) in [6.07, 6.45) is 0. The number of hydrogen-bond donors (Lipinski definition) is 0. The number of hydrogen-bond acceptors (Lipinski definition) is 2. The Morgan fingerprint density at radius 1 is 1.50 bits per heavy atom. The Labute approximate surface area is 66.9 Å². The molecule has 1 aromatic heterocycles. The minimum Gasteiger partial charge on any atom is -0.257 e. The summed E-state index contributed by atoms with van der Waals surface area (Å²) in [7, 11) is 2.03. The Balaban J connectivity index is 2.96. The monoisotopic (exact) mass is 153 g/mol. The molecule has 10 heavy (non-hydrogen) atoms. The molecular formula is C7H12BNS. The molecule has 0 spiro atoms. The van der Waals surface area contributed by atoms with Gasteiger partial charge in [0.2, 0.25) is 0 Å². The Morgan fingerprint density at radius 3 is 2.30 bits per heavy atom. The van der Waals surface area contributed by atoms with Gasteiger partial charge in [-0.15, -0.1) is 11.3 Å². The molecule has 0 bridgehead atoms. The molecule has 1 nitrogen and oxygen atoms in total. The molecule has 0 fully saturated rings. The van der Waals surface area contributed by atoms with Crippen LogP contribution in [0, 0.1) is 0 Å². The van der Waals surface area contributed by atoms with E-state index in [0.29, 0.717) is 0 Å². The van der Waals surface area contributed by atoms with E-state index in [9.17, 15) is 0 Å². The van der Waals surface area contributed by atoms with E-state index in [2.05, 4.69) is 31.1 Å². The van der Waals surface area contributed by atoms with E-state index >= 15 is 0 Å². The fourth-order valence-electron chi connectivity index (χ4n) is 0.698. The summed E-state index contributed by atoms with van der Waals surface area (Å²) < 4.78 is 0. The predicted octanol–water partition coefficient (Wildman–Crippen LogP) is 0.699. The first-order valence-electron chi connectivity index (χ1n) is 3.43. The maximum atomic E-state index is 4.40. The second kappa shape index (κ2) is 2.38. The van der Waals surface area contributed by atoms with Crippen molar-refractivity contribution in [2.45, 2.75) is 26.2 Å². The summed E-state index contributed by atoms with van der Waals surface area (Å²) in [5.74, 6) is 0. The van der Waals surface area contributed by atoms with E-state index < -0.39 is 0 Å². The van der Waals surface area contributed by atoms with E-state index in [1.54, 1.807) is 11.3 Å². The molecule has 0 aliphatic rings. The highest BCUT2D eigenvalue weighted by molar-refractivity contribution is 7.10. The van der Waals surface area contributed by atoms with Gasteiger partial charge in [-0.2, -0.15) is 0 Å². The van der Waals surface area contributed by atoms with Crippen molar-refractivity contribution in [3.05, 3.63) is 10.4 Å². The van der Waals surface area contributed by atoms with Crippen LogP contribution in [0.2, 0.25) is 0 Å². The highest BCUT2D eigenvalue weighted by Gasteiger charge is 2.16. The molecule has 3 heteroatoms. The van der Waals surface area contributed by atoms with Gasteiger partial charge in [-0.1, -0.05) is 20.8 Å². The van der Waals surface area contributed by atoms with Crippen LogP contribution < -0.4 is 5.59 Å². The van der Waals surface area contributed by atoms with Crippen molar-refractivity contribution in [1.29, 1.82) is 0 Å². The summed E-state index contributed by atoms with van der Waals surface area (Å²) in [5, 5.41) is 3.32. The molecule has 0 N–H and O–H groups in total. The lowest BCUT2D eigenvalue weighted by atomic mass is 9.98. The zero-order valence-corrected chi connectivity index (χ0v) is 7.75. The van der Waals surface area contributed by atoms with E-state index in [0.717, 1.165) is 5.59 Å². The molecule has 0 aliphatic carbocycles. The highest BCUT2D eigenvalue weighted by atomic mass is 32.1. The minimum atomic E-state index is 0.221. The van der Waals surface area contributed by atoms with E-state index in [1.165, 1.54) is 5.01 Å². The third-order valence-corrected chi connectivity index (χ3v) is 2.65. The molecule has 0 aromatic carbocycles. The normalized spacial score (nSPS) is 11.9. The average molecular weight is 153 g/mol. The third kappa shape index (κ3) is 1.60. The zero-order chi connectivity index (χ0) is 7.78. The van der Waals surface area contributed by atoms with Gasteiger partial charge in [0.1, 0.15) is 0 Å². The molecule has 54 valence electrons. The molecule has 0 amide bonds. The van der Waals surface area contributed by atoms with E-state index in [-0.39, 0.29) is 5.41 Å². The van der Waals surface area contributed by atoms with Gasteiger partial charge in [-0.05, 0) is 0 Å². The van der Waals surface area contributed by atoms with Crippen LogP contribution in [0.25, 0.3) is 0 Å². The largest absolute Gasteiger partial charge is 0.257 e. The molecule has 0 radical (unpaired) electrons. The van der Waals surface area contributed by atoms with Gasteiger partial charge in [0.15, 0.2) is 7.85 Å². The number of aromatic nitrogens is 1. The summed E-state index contributed by atoms with van der Waals surface area (Å²) in [6.45, 7) is 6.56. The van der Waals surface area contributed by atoms with Crippen LogP contribution in [-0.2, 0) is 5.41 Å². The van der Waals surface area contributed by atoms with Crippen LogP contribution in [0.15, 0.2) is 5.38 Å². The number of thiazole rings is 1. The maximum absolute atomic E-state index is 4.40. The fraction of sp³-hybridized carbons (Fsp3) is 0.571. The SMILES string of the molecule is Bc1csc(C(C)(C)C)n1. The van der Waals surface area contributed by atoms with Crippen LogP contribution >= 0.6 is 11.3 Å². The van der Waals surface area contributed by atoms with Gasteiger partial charge in [-0.3, -0.25) is 4.98 Å². The van der Waals surface area contributed by atoms with Crippen molar-refractivity contribution < 1.29 is 0 Å². The van der Waals surface area contributed by atoms with Crippen LogP contribution in [0.5, 0.6) is 0 Å². The summed E-state index contributed by atoms with van der Waals surface area (Å²) in [5.41, 5.74) is 1.36. The molecule has 1 heterocycles. The van der Waals surface area contributed by atoms with Gasteiger partial charge in [0, 0.05) is 16.4 Å². The second-order valence-electron chi connectivity index (χ2n) is 3.54. The molecule has 0 unspecified atom stereocenters. The van der Waals surface area contributed by atoms with Crippen LogP contribution in [0.1, 0.15) is 25.8 Å². The van der Waals surface area contributed by atoms with Crippen molar-refractivity contribution in [3.8, 4) is 0 Å². The van der Waals surface area contributed by atoms with Gasteiger partial charge in [0.25, 0.3) is 0 Å². The topological polar surface area (TPSA) is 12.9 Å². The molecule has 0 aliphatic heterocycles. The quantitative estimate of drug-likeness (QED) is 0.500. The van der Waals surface area contributed by atoms with Crippen LogP contribution in [0.4, 0.5) is 0 Å². The van der Waals surface area contributed by atoms with E-state index in [1.807, 2.05) is 7.85 Å². The first kappa shape index (κ1) is 7.80. The summed E-state index contributed by atoms with van der Waals surface area (Å²) in [6, 6.07) is 0. The fourth-order valence-corrected chi connectivity index (χ4v) is 1.58. The molecule has 0 atom stereocenters. The molecule has 1 rings (SSSR count). The Bertz CT molecular complexity index is 224. The summed E-state index contributed by atoms with van der Waals surface area (Å²) >= 11 is 1.75. The van der Waals surface area contributed by atoms with Crippen LogP contribution in [0.3, 0.4) is 0 Å². The number of rotatable bonds is 0. The predicted molar refractivity (Wildman–Crippen MR) is 49.0 cm³/mol. The minimum absolute atomic E-state index is 0.221. The first-order chi connectivity index (χ1) is 4.50. The lowest BCUT2D eigenvalue weighted by molar-refractivity contribution is 0.586. The zero-order valence-electron chi connectivity index (χ0n) is 6.93. The second-order valence-corrected chi connectivity index (χ2v) is 4.40. The summed E-state index contributed by atoms with van der Waals surface area (Å²) in [4.78, 5) is 4.40. The van der Waals surface area contributed by atoms with Crippen molar-refractivity contribution in [2.75, 3.05) is 0 Å². The Hall–Kier alpha value is -0.305.